The zero-order valence-corrected chi connectivity index (χ0v) is 17.2. The third kappa shape index (κ3) is 9.33. The number of benzene rings is 1. The molecule has 9 heteroatoms. The molecule has 0 spiro atoms. The van der Waals surface area contributed by atoms with Gasteiger partial charge >= 0.3 is 11.9 Å². The molecule has 1 aromatic carbocycles. The third-order valence-corrected chi connectivity index (χ3v) is 4.05. The summed E-state index contributed by atoms with van der Waals surface area (Å²) in [6, 6.07) is 6.35. The molecule has 0 N–H and O–H groups in total. The summed E-state index contributed by atoms with van der Waals surface area (Å²) in [6.07, 6.45) is 5.53. The summed E-state index contributed by atoms with van der Waals surface area (Å²) in [6.45, 7) is 5.21. The fourth-order valence-electron chi connectivity index (χ4n) is 2.55. The molecule has 0 heterocycles. The van der Waals surface area contributed by atoms with Gasteiger partial charge < -0.3 is 19.0 Å². The Hall–Kier alpha value is -3.20. The van der Waals surface area contributed by atoms with Gasteiger partial charge in [-0.25, -0.2) is 9.59 Å². The second kappa shape index (κ2) is 13.9. The predicted octanol–water partition coefficient (Wildman–Crippen LogP) is 3.72. The van der Waals surface area contributed by atoms with Gasteiger partial charge in [0.15, 0.2) is 6.10 Å². The average molecular weight is 421 g/mol. The molecule has 0 radical (unpaired) electrons. The van der Waals surface area contributed by atoms with Crippen molar-refractivity contribution in [2.75, 3.05) is 13.7 Å². The number of unbranched alkanes of at least 4 members (excludes halogenated alkanes) is 2. The highest BCUT2D eigenvalue weighted by Gasteiger charge is 2.27. The molecule has 2 unspecified atom stereocenters. The van der Waals surface area contributed by atoms with Crippen LogP contribution in [0.3, 0.4) is 0 Å². The van der Waals surface area contributed by atoms with Crippen molar-refractivity contribution in [3.05, 3.63) is 64.8 Å². The Morgan fingerprint density at radius 3 is 2.50 bits per heavy atom. The van der Waals surface area contributed by atoms with Gasteiger partial charge in [-0.05, 0) is 24.1 Å². The zero-order valence-electron chi connectivity index (χ0n) is 17.2. The minimum Gasteiger partial charge on any atom is -0.452 e. The fourth-order valence-corrected chi connectivity index (χ4v) is 2.55. The highest BCUT2D eigenvalue weighted by Crippen LogP contribution is 2.28. The third-order valence-electron chi connectivity index (χ3n) is 4.05. The van der Waals surface area contributed by atoms with E-state index >= 15 is 0 Å². The summed E-state index contributed by atoms with van der Waals surface area (Å²) in [5.41, 5.74) is 0.552. The number of esters is 2. The van der Waals surface area contributed by atoms with E-state index in [9.17, 15) is 19.7 Å². The molecule has 0 saturated carbocycles. The van der Waals surface area contributed by atoms with E-state index in [1.807, 2.05) is 0 Å². The number of carbonyl (C=O) groups is 2. The van der Waals surface area contributed by atoms with E-state index in [2.05, 4.69) is 18.3 Å². The number of ether oxygens (including phenoxy) is 3. The molecule has 0 fully saturated rings. The van der Waals surface area contributed by atoms with Gasteiger partial charge in [-0.15, -0.1) is 10.1 Å². The Bertz CT molecular complexity index is 729. The van der Waals surface area contributed by atoms with Gasteiger partial charge in [0.05, 0.1) is 6.61 Å². The van der Waals surface area contributed by atoms with Gasteiger partial charge in [-0.3, -0.25) is 0 Å². The van der Waals surface area contributed by atoms with Crippen molar-refractivity contribution >= 4 is 11.9 Å². The maximum atomic E-state index is 11.8. The number of hydrogen-bond acceptors (Lipinski definition) is 8. The number of nitrogens with zero attached hydrogens (tertiary/aromatic N) is 1. The second-order valence-corrected chi connectivity index (χ2v) is 6.22. The summed E-state index contributed by atoms with van der Waals surface area (Å²) in [7, 11) is 1.40. The van der Waals surface area contributed by atoms with Crippen molar-refractivity contribution < 1.29 is 33.7 Å². The Labute approximate surface area is 175 Å². The first-order valence-corrected chi connectivity index (χ1v) is 9.52. The molecule has 1 rings (SSSR count). The SMILES string of the molecule is C=CC(=O)OC(c1ccc(OC(=O)/C=C/CCCC)cc1)C(CCO[N+](=O)[O-])OC. The van der Waals surface area contributed by atoms with Crippen LogP contribution in [0.5, 0.6) is 5.75 Å². The first kappa shape index (κ1) is 24.8. The van der Waals surface area contributed by atoms with Crippen LogP contribution in [0.15, 0.2) is 49.1 Å². The Morgan fingerprint density at radius 2 is 1.93 bits per heavy atom. The van der Waals surface area contributed by atoms with E-state index in [1.165, 1.54) is 13.2 Å². The number of methoxy groups -OCH3 is 1. The van der Waals surface area contributed by atoms with Crippen molar-refractivity contribution in [3.8, 4) is 5.75 Å². The van der Waals surface area contributed by atoms with Crippen LogP contribution in [0.4, 0.5) is 0 Å². The number of hydrogen-bond donors (Lipinski definition) is 0. The molecular formula is C21H27NO8. The van der Waals surface area contributed by atoms with Crippen LogP contribution in [0, 0.1) is 10.1 Å². The van der Waals surface area contributed by atoms with Gasteiger partial charge in [-0.2, -0.15) is 0 Å². The van der Waals surface area contributed by atoms with Gasteiger partial charge in [0.25, 0.3) is 5.09 Å². The van der Waals surface area contributed by atoms with E-state index < -0.39 is 29.2 Å². The van der Waals surface area contributed by atoms with E-state index in [0.29, 0.717) is 11.3 Å². The Kier molecular flexibility index (Phi) is 11.5. The van der Waals surface area contributed by atoms with Crippen LogP contribution in [0.1, 0.15) is 44.3 Å². The quantitative estimate of drug-likeness (QED) is 0.111. The molecule has 0 saturated heterocycles. The maximum Gasteiger partial charge on any atom is 0.335 e. The topological polar surface area (TPSA) is 114 Å². The normalized spacial score (nSPS) is 12.7. The van der Waals surface area contributed by atoms with Crippen LogP contribution in [0.2, 0.25) is 0 Å². The van der Waals surface area contributed by atoms with Crippen LogP contribution in [0.25, 0.3) is 0 Å². The number of rotatable bonds is 14. The van der Waals surface area contributed by atoms with E-state index in [0.717, 1.165) is 25.3 Å². The lowest BCUT2D eigenvalue weighted by molar-refractivity contribution is -0.758. The van der Waals surface area contributed by atoms with Crippen molar-refractivity contribution in [1.29, 1.82) is 0 Å². The van der Waals surface area contributed by atoms with Crippen molar-refractivity contribution in [2.24, 2.45) is 0 Å². The lowest BCUT2D eigenvalue weighted by atomic mass is 10.0. The summed E-state index contributed by atoms with van der Waals surface area (Å²) < 4.78 is 15.9. The fraction of sp³-hybridized carbons (Fsp3) is 0.429. The minimum absolute atomic E-state index is 0.103. The largest absolute Gasteiger partial charge is 0.452 e. The predicted molar refractivity (Wildman–Crippen MR) is 108 cm³/mol. The molecule has 2 atom stereocenters. The molecular weight excluding hydrogens is 394 g/mol. The Morgan fingerprint density at radius 1 is 1.23 bits per heavy atom. The summed E-state index contributed by atoms with van der Waals surface area (Å²) >= 11 is 0. The average Bonchev–Trinajstić information content (AvgIpc) is 2.73. The first-order valence-electron chi connectivity index (χ1n) is 9.52. The molecule has 0 aliphatic heterocycles. The van der Waals surface area contributed by atoms with Crippen molar-refractivity contribution in [2.45, 2.75) is 44.8 Å². The van der Waals surface area contributed by atoms with Gasteiger partial charge in [0.1, 0.15) is 11.9 Å². The monoisotopic (exact) mass is 421 g/mol. The van der Waals surface area contributed by atoms with Gasteiger partial charge in [0.2, 0.25) is 0 Å². The number of carbonyl (C=O) groups excluding carboxylic acids is 2. The highest BCUT2D eigenvalue weighted by molar-refractivity contribution is 5.84. The molecule has 0 aliphatic carbocycles. The lowest BCUT2D eigenvalue weighted by Gasteiger charge is -2.26. The van der Waals surface area contributed by atoms with Crippen LogP contribution in [-0.4, -0.2) is 36.8 Å². The van der Waals surface area contributed by atoms with Crippen LogP contribution < -0.4 is 4.74 Å². The molecule has 0 aromatic heterocycles. The van der Waals surface area contributed by atoms with Crippen molar-refractivity contribution in [3.63, 3.8) is 0 Å². The molecule has 0 bridgehead atoms. The van der Waals surface area contributed by atoms with E-state index in [-0.39, 0.29) is 13.0 Å². The molecule has 164 valence electrons. The van der Waals surface area contributed by atoms with Crippen LogP contribution >= 0.6 is 0 Å². The maximum absolute atomic E-state index is 11.8. The second-order valence-electron chi connectivity index (χ2n) is 6.22. The lowest BCUT2D eigenvalue weighted by Crippen LogP contribution is -2.27. The minimum atomic E-state index is -0.905. The van der Waals surface area contributed by atoms with Gasteiger partial charge in [-0.1, -0.05) is 44.6 Å². The number of allylic oxidation sites excluding steroid dienone is 1. The van der Waals surface area contributed by atoms with Crippen LogP contribution in [-0.2, 0) is 23.9 Å². The smallest absolute Gasteiger partial charge is 0.335 e. The molecule has 9 nitrogen and oxygen atoms in total. The molecule has 0 aliphatic rings. The van der Waals surface area contributed by atoms with E-state index in [1.54, 1.807) is 30.3 Å². The molecule has 0 amide bonds. The summed E-state index contributed by atoms with van der Waals surface area (Å²) in [4.78, 5) is 38.2. The zero-order chi connectivity index (χ0) is 22.4. The summed E-state index contributed by atoms with van der Waals surface area (Å²) in [5, 5.41) is 9.45. The Balaban J connectivity index is 2.87. The molecule has 1 aromatic rings. The standard InChI is InChI=1S/C21H27NO8/c1-4-6-7-8-9-20(24)29-17-12-10-16(11-13-17)21(30-19(23)5-2)18(27-3)14-15-28-22(25)26/h5,8-13,18,21H,2,4,6-7,14-15H2,1,3H3/b9-8+. The first-order chi connectivity index (χ1) is 14.4. The molecule has 30 heavy (non-hydrogen) atoms. The van der Waals surface area contributed by atoms with Gasteiger partial charge in [0, 0.05) is 25.7 Å². The summed E-state index contributed by atoms with van der Waals surface area (Å²) in [5.74, 6) is -0.839. The highest BCUT2D eigenvalue weighted by atomic mass is 16.9. The van der Waals surface area contributed by atoms with E-state index in [4.69, 9.17) is 14.2 Å². The van der Waals surface area contributed by atoms with Crippen molar-refractivity contribution in [1.82, 2.24) is 0 Å².